The zero-order chi connectivity index (χ0) is 14.4. The number of nitrogens with two attached hydrogens (primary N) is 1. The molecule has 1 aromatic carbocycles. The summed E-state index contributed by atoms with van der Waals surface area (Å²) in [5, 5.41) is 29.1. The maximum atomic E-state index is 11.4. The third-order valence-electron chi connectivity index (χ3n) is 2.52. The summed E-state index contributed by atoms with van der Waals surface area (Å²) in [4.78, 5) is 22.5. The second kappa shape index (κ2) is 6.72. The molecule has 1 aromatic rings. The van der Waals surface area contributed by atoms with Gasteiger partial charge >= 0.3 is 5.97 Å². The largest absolute Gasteiger partial charge is 0.508 e. The van der Waals surface area contributed by atoms with Crippen LogP contribution in [0.3, 0.4) is 0 Å². The molecule has 0 bridgehead atoms. The number of hydrogen-bond acceptors (Lipinski definition) is 5. The third-order valence-corrected chi connectivity index (χ3v) is 2.52. The molecule has 0 aliphatic carbocycles. The Balaban J connectivity index is 2.71. The summed E-state index contributed by atoms with van der Waals surface area (Å²) < 4.78 is 0. The van der Waals surface area contributed by atoms with Crippen molar-refractivity contribution in [1.29, 1.82) is 0 Å². The Morgan fingerprint density at radius 2 is 1.84 bits per heavy atom. The fourth-order valence-corrected chi connectivity index (χ4v) is 1.43. The van der Waals surface area contributed by atoms with Crippen LogP contribution < -0.4 is 11.1 Å². The first kappa shape index (κ1) is 14.9. The number of carboxylic acids is 1. The molecule has 1 rings (SSSR count). The van der Waals surface area contributed by atoms with Gasteiger partial charge in [0, 0.05) is 6.42 Å². The van der Waals surface area contributed by atoms with Gasteiger partial charge in [0.25, 0.3) is 0 Å². The van der Waals surface area contributed by atoms with Gasteiger partial charge in [-0.3, -0.25) is 4.79 Å². The van der Waals surface area contributed by atoms with E-state index in [1.165, 1.54) is 12.1 Å². The van der Waals surface area contributed by atoms with E-state index in [0.717, 1.165) is 0 Å². The van der Waals surface area contributed by atoms with Crippen LogP contribution in [-0.4, -0.2) is 45.9 Å². The topological polar surface area (TPSA) is 133 Å². The number of amides is 1. The lowest BCUT2D eigenvalue weighted by Crippen LogP contribution is -2.50. The average molecular weight is 268 g/mol. The molecule has 6 N–H and O–H groups in total. The molecule has 0 aliphatic rings. The molecule has 2 atom stereocenters. The van der Waals surface area contributed by atoms with Crippen molar-refractivity contribution >= 4 is 11.9 Å². The van der Waals surface area contributed by atoms with E-state index in [2.05, 4.69) is 5.32 Å². The zero-order valence-corrected chi connectivity index (χ0v) is 10.1. The Labute approximate surface area is 109 Å². The Morgan fingerprint density at radius 3 is 2.32 bits per heavy atom. The molecule has 1 amide bonds. The van der Waals surface area contributed by atoms with Crippen LogP contribution in [0.25, 0.3) is 0 Å². The number of hydrogen-bond donors (Lipinski definition) is 5. The molecule has 1 unspecified atom stereocenters. The number of aromatic hydroxyl groups is 1. The summed E-state index contributed by atoms with van der Waals surface area (Å²) in [6.45, 7) is -0.558. The SMILES string of the molecule is NC(CO)C(=O)N[C@@H](Cc1ccc(O)cc1)C(=O)O. The van der Waals surface area contributed by atoms with E-state index in [1.54, 1.807) is 12.1 Å². The molecule has 7 nitrogen and oxygen atoms in total. The third kappa shape index (κ3) is 4.57. The van der Waals surface area contributed by atoms with Crippen molar-refractivity contribution < 1.29 is 24.9 Å². The molecule has 104 valence electrons. The van der Waals surface area contributed by atoms with E-state index in [9.17, 15) is 9.59 Å². The lowest BCUT2D eigenvalue weighted by molar-refractivity contribution is -0.142. The van der Waals surface area contributed by atoms with Gasteiger partial charge in [0.05, 0.1) is 6.61 Å². The molecule has 0 spiro atoms. The number of benzene rings is 1. The van der Waals surface area contributed by atoms with Crippen LogP contribution in [0.4, 0.5) is 0 Å². The number of aliphatic carboxylic acids is 1. The maximum absolute atomic E-state index is 11.4. The number of phenols is 1. The van der Waals surface area contributed by atoms with Crippen molar-refractivity contribution in [3.05, 3.63) is 29.8 Å². The first-order valence-electron chi connectivity index (χ1n) is 5.61. The van der Waals surface area contributed by atoms with Crippen molar-refractivity contribution in [2.45, 2.75) is 18.5 Å². The van der Waals surface area contributed by atoms with E-state index in [4.69, 9.17) is 21.1 Å². The highest BCUT2D eigenvalue weighted by atomic mass is 16.4. The molecule has 0 aliphatic heterocycles. The van der Waals surface area contributed by atoms with Crippen LogP contribution >= 0.6 is 0 Å². The van der Waals surface area contributed by atoms with Gasteiger partial charge in [0.15, 0.2) is 0 Å². The summed E-state index contributed by atoms with van der Waals surface area (Å²) in [7, 11) is 0. The summed E-state index contributed by atoms with van der Waals surface area (Å²) in [5.74, 6) is -1.86. The molecular formula is C12H16N2O5. The summed E-state index contributed by atoms with van der Waals surface area (Å²) in [6, 6.07) is 3.68. The number of nitrogens with one attached hydrogen (secondary N) is 1. The Bertz CT molecular complexity index is 446. The lowest BCUT2D eigenvalue weighted by Gasteiger charge is -2.16. The van der Waals surface area contributed by atoms with E-state index < -0.39 is 30.6 Å². The molecule has 0 fully saturated rings. The Kier molecular flexibility index (Phi) is 5.28. The maximum Gasteiger partial charge on any atom is 0.326 e. The first-order valence-corrected chi connectivity index (χ1v) is 5.61. The number of aliphatic hydroxyl groups is 1. The fourth-order valence-electron chi connectivity index (χ4n) is 1.43. The zero-order valence-electron chi connectivity index (χ0n) is 10.1. The lowest BCUT2D eigenvalue weighted by atomic mass is 10.1. The highest BCUT2D eigenvalue weighted by Crippen LogP contribution is 2.11. The van der Waals surface area contributed by atoms with Crippen LogP contribution in [0, 0.1) is 0 Å². The van der Waals surface area contributed by atoms with Crippen LogP contribution in [0.1, 0.15) is 5.56 Å². The highest BCUT2D eigenvalue weighted by Gasteiger charge is 2.23. The van der Waals surface area contributed by atoms with Crippen LogP contribution in [0.2, 0.25) is 0 Å². The van der Waals surface area contributed by atoms with E-state index in [-0.39, 0.29) is 12.2 Å². The molecule has 7 heteroatoms. The second-order valence-corrected chi connectivity index (χ2v) is 4.06. The number of rotatable bonds is 6. The summed E-state index contributed by atoms with van der Waals surface area (Å²) in [6.07, 6.45) is 0.0551. The highest BCUT2D eigenvalue weighted by molar-refractivity contribution is 5.87. The van der Waals surface area contributed by atoms with Gasteiger partial charge in [-0.25, -0.2) is 4.79 Å². The molecule has 0 heterocycles. The van der Waals surface area contributed by atoms with Gasteiger partial charge < -0.3 is 26.4 Å². The van der Waals surface area contributed by atoms with Crippen LogP contribution in [0.5, 0.6) is 5.75 Å². The van der Waals surface area contributed by atoms with Gasteiger partial charge in [-0.15, -0.1) is 0 Å². The smallest absolute Gasteiger partial charge is 0.326 e. The quantitative estimate of drug-likeness (QED) is 0.441. The first-order chi connectivity index (χ1) is 8.93. The van der Waals surface area contributed by atoms with Gasteiger partial charge in [0.2, 0.25) is 5.91 Å². The normalized spacial score (nSPS) is 13.6. The predicted molar refractivity (Wildman–Crippen MR) is 66.4 cm³/mol. The minimum absolute atomic E-state index is 0.0551. The number of phenolic OH excluding ortho intramolecular Hbond substituents is 1. The molecule has 0 saturated heterocycles. The fraction of sp³-hybridized carbons (Fsp3) is 0.333. The minimum Gasteiger partial charge on any atom is -0.508 e. The van der Waals surface area contributed by atoms with E-state index in [1.807, 2.05) is 0 Å². The number of carboxylic acid groups (broad SMARTS) is 1. The van der Waals surface area contributed by atoms with Gasteiger partial charge in [0.1, 0.15) is 17.8 Å². The molecule has 19 heavy (non-hydrogen) atoms. The minimum atomic E-state index is -1.20. The van der Waals surface area contributed by atoms with Crippen molar-refractivity contribution in [2.24, 2.45) is 5.73 Å². The molecule has 0 aromatic heterocycles. The number of carbonyl (C=O) groups excluding carboxylic acids is 1. The predicted octanol–water partition coefficient (Wildman–Crippen LogP) is -1.18. The average Bonchev–Trinajstić information content (AvgIpc) is 2.39. The van der Waals surface area contributed by atoms with Crippen molar-refractivity contribution in [3.8, 4) is 5.75 Å². The number of aliphatic hydroxyl groups excluding tert-OH is 1. The molecule has 0 radical (unpaired) electrons. The van der Waals surface area contributed by atoms with Crippen LogP contribution in [0.15, 0.2) is 24.3 Å². The Hall–Kier alpha value is -2.12. The monoisotopic (exact) mass is 268 g/mol. The van der Waals surface area contributed by atoms with Crippen LogP contribution in [-0.2, 0) is 16.0 Å². The van der Waals surface area contributed by atoms with Crippen molar-refractivity contribution in [2.75, 3.05) is 6.61 Å². The number of carbonyl (C=O) groups is 2. The van der Waals surface area contributed by atoms with Gasteiger partial charge in [-0.2, -0.15) is 0 Å². The van der Waals surface area contributed by atoms with Gasteiger partial charge in [-0.1, -0.05) is 12.1 Å². The molecule has 0 saturated carbocycles. The summed E-state index contributed by atoms with van der Waals surface area (Å²) in [5.41, 5.74) is 5.93. The van der Waals surface area contributed by atoms with E-state index >= 15 is 0 Å². The van der Waals surface area contributed by atoms with Gasteiger partial charge in [-0.05, 0) is 17.7 Å². The molecular weight excluding hydrogens is 252 g/mol. The van der Waals surface area contributed by atoms with E-state index in [0.29, 0.717) is 5.56 Å². The summed E-state index contributed by atoms with van der Waals surface area (Å²) >= 11 is 0. The standard InChI is InChI=1S/C12H16N2O5/c13-9(6-15)11(17)14-10(12(18)19)5-7-1-3-8(16)4-2-7/h1-4,9-10,15-16H,5-6,13H2,(H,14,17)(H,18,19)/t9?,10-/m0/s1. The Morgan fingerprint density at radius 1 is 1.26 bits per heavy atom. The second-order valence-electron chi connectivity index (χ2n) is 4.06. The van der Waals surface area contributed by atoms with Crippen molar-refractivity contribution in [1.82, 2.24) is 5.32 Å². The van der Waals surface area contributed by atoms with Crippen molar-refractivity contribution in [3.63, 3.8) is 0 Å².